The van der Waals surface area contributed by atoms with Gasteiger partial charge in [0.25, 0.3) is 5.56 Å². The van der Waals surface area contributed by atoms with Crippen LogP contribution in [-0.4, -0.2) is 32.3 Å². The summed E-state index contributed by atoms with van der Waals surface area (Å²) in [5, 5.41) is 3.82. The highest BCUT2D eigenvalue weighted by Gasteiger charge is 2.40. The van der Waals surface area contributed by atoms with Gasteiger partial charge in [0.2, 0.25) is 0 Å². The van der Waals surface area contributed by atoms with E-state index in [2.05, 4.69) is 14.8 Å². The number of carbonyl (C=O) groups excluding carboxylic acids is 1. The van der Waals surface area contributed by atoms with Gasteiger partial charge in [0.15, 0.2) is 11.3 Å². The first kappa shape index (κ1) is 15.7. The van der Waals surface area contributed by atoms with Crippen LogP contribution in [0.25, 0.3) is 11.4 Å². The zero-order chi connectivity index (χ0) is 16.5. The molecule has 10 heteroatoms. The summed E-state index contributed by atoms with van der Waals surface area (Å²) >= 11 is 0. The first-order valence-corrected chi connectivity index (χ1v) is 6.11. The molecule has 0 fully saturated rings. The molecule has 0 aliphatic rings. The summed E-state index contributed by atoms with van der Waals surface area (Å²) in [5.41, 5.74) is -3.96. The van der Waals surface area contributed by atoms with Gasteiger partial charge in [0.1, 0.15) is 5.82 Å². The van der Waals surface area contributed by atoms with Crippen LogP contribution in [0.3, 0.4) is 0 Å². The molecule has 0 atom stereocenters. The average Bonchev–Trinajstić information content (AvgIpc) is 2.83. The Balaban J connectivity index is 2.68. The fourth-order valence-corrected chi connectivity index (χ4v) is 1.76. The lowest BCUT2D eigenvalue weighted by molar-refractivity contribution is -0.139. The van der Waals surface area contributed by atoms with Crippen molar-refractivity contribution in [2.75, 3.05) is 6.61 Å². The summed E-state index contributed by atoms with van der Waals surface area (Å²) in [6.45, 7) is 1.28. The van der Waals surface area contributed by atoms with Gasteiger partial charge in [-0.15, -0.1) is 0 Å². The highest BCUT2D eigenvalue weighted by molar-refractivity contribution is 5.89. The van der Waals surface area contributed by atoms with Crippen LogP contribution in [0.15, 0.2) is 17.2 Å². The molecule has 7 nitrogen and oxygen atoms in total. The van der Waals surface area contributed by atoms with Crippen LogP contribution < -0.4 is 5.56 Å². The van der Waals surface area contributed by atoms with E-state index in [4.69, 9.17) is 0 Å². The van der Waals surface area contributed by atoms with Crippen LogP contribution in [0, 0.1) is 0 Å². The predicted molar refractivity (Wildman–Crippen MR) is 68.0 cm³/mol. The minimum Gasteiger partial charge on any atom is -0.461 e. The second-order valence-electron chi connectivity index (χ2n) is 4.26. The Bertz CT molecular complexity index is 764. The third-order valence-corrected chi connectivity index (χ3v) is 2.65. The van der Waals surface area contributed by atoms with E-state index >= 15 is 0 Å². The van der Waals surface area contributed by atoms with Crippen molar-refractivity contribution in [3.63, 3.8) is 0 Å². The molecule has 0 saturated carbocycles. The minimum atomic E-state index is -5.03. The Morgan fingerprint density at radius 1 is 1.45 bits per heavy atom. The molecule has 2 heterocycles. The van der Waals surface area contributed by atoms with E-state index in [0.29, 0.717) is 0 Å². The number of alkyl halides is 3. The molecular formula is C12H11F3N4O3. The Morgan fingerprint density at radius 3 is 2.64 bits per heavy atom. The van der Waals surface area contributed by atoms with E-state index in [1.165, 1.54) is 24.0 Å². The van der Waals surface area contributed by atoms with Gasteiger partial charge in [-0.25, -0.2) is 9.78 Å². The van der Waals surface area contributed by atoms with Crippen LogP contribution in [0.2, 0.25) is 0 Å². The summed E-state index contributed by atoms with van der Waals surface area (Å²) < 4.78 is 44.8. The molecule has 1 N–H and O–H groups in total. The number of nitrogens with one attached hydrogen (secondary N) is 1. The molecule has 2 aromatic heterocycles. The van der Waals surface area contributed by atoms with Gasteiger partial charge >= 0.3 is 12.1 Å². The summed E-state index contributed by atoms with van der Waals surface area (Å²) in [6.07, 6.45) is -2.31. The molecular weight excluding hydrogens is 305 g/mol. The van der Waals surface area contributed by atoms with Crippen molar-refractivity contribution in [2.45, 2.75) is 13.1 Å². The van der Waals surface area contributed by atoms with Gasteiger partial charge < -0.3 is 9.72 Å². The van der Waals surface area contributed by atoms with Gasteiger partial charge in [-0.2, -0.15) is 18.3 Å². The molecule has 118 valence electrons. The van der Waals surface area contributed by atoms with Crippen molar-refractivity contribution in [2.24, 2.45) is 7.05 Å². The Kier molecular flexibility index (Phi) is 4.02. The first-order valence-electron chi connectivity index (χ1n) is 6.11. The summed E-state index contributed by atoms with van der Waals surface area (Å²) in [5.74, 6) is -1.51. The molecule has 0 aliphatic heterocycles. The maximum Gasteiger partial charge on any atom is 0.424 e. The fourth-order valence-electron chi connectivity index (χ4n) is 1.76. The second kappa shape index (κ2) is 5.62. The maximum absolute atomic E-state index is 13.0. The van der Waals surface area contributed by atoms with Gasteiger partial charge in [-0.05, 0) is 6.92 Å². The number of esters is 1. The van der Waals surface area contributed by atoms with Crippen molar-refractivity contribution in [3.8, 4) is 11.4 Å². The van der Waals surface area contributed by atoms with E-state index in [0.717, 1.165) is 0 Å². The number of H-pyrrole nitrogens is 1. The molecule has 2 rings (SSSR count). The number of rotatable bonds is 3. The number of nitrogens with zero attached hydrogens (tertiary/aromatic N) is 3. The number of aryl methyl sites for hydroxylation is 1. The molecule has 0 radical (unpaired) electrons. The average molecular weight is 316 g/mol. The number of ether oxygens (including phenoxy) is 1. The highest BCUT2D eigenvalue weighted by Crippen LogP contribution is 2.29. The van der Waals surface area contributed by atoms with Crippen LogP contribution in [0.1, 0.15) is 23.0 Å². The van der Waals surface area contributed by atoms with Gasteiger partial charge in [-0.3, -0.25) is 9.48 Å². The third-order valence-electron chi connectivity index (χ3n) is 2.65. The molecule has 2 aromatic rings. The van der Waals surface area contributed by atoms with E-state index < -0.39 is 29.0 Å². The monoisotopic (exact) mass is 316 g/mol. The smallest absolute Gasteiger partial charge is 0.424 e. The zero-order valence-electron chi connectivity index (χ0n) is 11.6. The molecule has 0 aliphatic carbocycles. The van der Waals surface area contributed by atoms with Crippen molar-refractivity contribution < 1.29 is 22.7 Å². The second-order valence-corrected chi connectivity index (χ2v) is 4.26. The molecule has 0 bridgehead atoms. The number of halogens is 3. The van der Waals surface area contributed by atoms with Crippen molar-refractivity contribution in [1.82, 2.24) is 19.7 Å². The quantitative estimate of drug-likeness (QED) is 0.864. The molecule has 22 heavy (non-hydrogen) atoms. The number of hydrogen-bond donors (Lipinski definition) is 1. The number of aromatic nitrogens is 4. The van der Waals surface area contributed by atoms with Gasteiger partial charge in [0, 0.05) is 13.2 Å². The van der Waals surface area contributed by atoms with Crippen LogP contribution in [0.4, 0.5) is 13.2 Å². The topological polar surface area (TPSA) is 89.9 Å². The Hall–Kier alpha value is -2.65. The SMILES string of the molecule is CCOC(=O)c1nc(-c2cnn(C)c2)[nH]c(=O)c1C(F)(F)F. The van der Waals surface area contributed by atoms with Crippen molar-refractivity contribution in [1.29, 1.82) is 0 Å². The minimum absolute atomic E-state index is 0.146. The van der Waals surface area contributed by atoms with Gasteiger partial charge in [-0.1, -0.05) is 0 Å². The number of carbonyl (C=O) groups is 1. The lowest BCUT2D eigenvalue weighted by Crippen LogP contribution is -2.29. The highest BCUT2D eigenvalue weighted by atomic mass is 19.4. The molecule has 0 amide bonds. The number of hydrogen-bond acceptors (Lipinski definition) is 5. The lowest BCUT2D eigenvalue weighted by atomic mass is 10.2. The summed E-state index contributed by atoms with van der Waals surface area (Å²) in [7, 11) is 1.58. The van der Waals surface area contributed by atoms with E-state index in [1.807, 2.05) is 4.98 Å². The summed E-state index contributed by atoms with van der Waals surface area (Å²) in [6, 6.07) is 0. The van der Waals surface area contributed by atoms with Crippen molar-refractivity contribution in [3.05, 3.63) is 34.0 Å². The summed E-state index contributed by atoms with van der Waals surface area (Å²) in [4.78, 5) is 29.0. The van der Waals surface area contributed by atoms with Crippen molar-refractivity contribution >= 4 is 5.97 Å². The predicted octanol–water partition coefficient (Wildman–Crippen LogP) is 1.37. The normalized spacial score (nSPS) is 11.5. The van der Waals surface area contributed by atoms with Gasteiger partial charge in [0.05, 0.1) is 18.4 Å². The van der Waals surface area contributed by atoms with Crippen LogP contribution >= 0.6 is 0 Å². The molecule has 0 saturated heterocycles. The standard InChI is InChI=1S/C12H11F3N4O3/c1-3-22-11(21)8-7(12(13,14)15)10(20)18-9(17-8)6-4-16-19(2)5-6/h4-5H,3H2,1-2H3,(H,17,18,20). The largest absolute Gasteiger partial charge is 0.461 e. The van der Waals surface area contributed by atoms with Crippen LogP contribution in [-0.2, 0) is 18.0 Å². The van der Waals surface area contributed by atoms with Crippen LogP contribution in [0.5, 0.6) is 0 Å². The third kappa shape index (κ3) is 3.00. The number of aromatic amines is 1. The zero-order valence-corrected chi connectivity index (χ0v) is 11.6. The molecule has 0 spiro atoms. The van der Waals surface area contributed by atoms with E-state index in [1.54, 1.807) is 7.05 Å². The maximum atomic E-state index is 13.0. The molecule has 0 aromatic carbocycles. The lowest BCUT2D eigenvalue weighted by Gasteiger charge is -2.11. The fraction of sp³-hybridized carbons (Fsp3) is 0.333. The molecule has 0 unspecified atom stereocenters. The Labute approximate surface area is 121 Å². The van der Waals surface area contributed by atoms with E-state index in [9.17, 15) is 22.8 Å². The Morgan fingerprint density at radius 2 is 2.14 bits per heavy atom. The first-order chi connectivity index (χ1) is 10.2. The van der Waals surface area contributed by atoms with E-state index in [-0.39, 0.29) is 18.0 Å².